The van der Waals surface area contributed by atoms with E-state index in [1.54, 1.807) is 0 Å². The first-order valence-corrected chi connectivity index (χ1v) is 12.1. The van der Waals surface area contributed by atoms with Gasteiger partial charge in [-0.2, -0.15) is 0 Å². The SMILES string of the molecule is CCCCCCCCC=CCCCCCCCCCCCC(=O)C(C)(O)CO. The van der Waals surface area contributed by atoms with Gasteiger partial charge in [0, 0.05) is 6.42 Å². The second kappa shape index (κ2) is 19.6. The summed E-state index contributed by atoms with van der Waals surface area (Å²) < 4.78 is 0. The number of carbonyl (C=O) groups is 1. The molecule has 0 aromatic rings. The molecule has 0 saturated carbocycles. The molecule has 0 amide bonds. The van der Waals surface area contributed by atoms with Crippen LogP contribution >= 0.6 is 0 Å². The fourth-order valence-corrected chi connectivity index (χ4v) is 3.42. The number of hydrogen-bond donors (Lipinski definition) is 2. The van der Waals surface area contributed by atoms with E-state index in [4.69, 9.17) is 5.11 Å². The van der Waals surface area contributed by atoms with Crippen molar-refractivity contribution in [3.8, 4) is 0 Å². The molecule has 0 aromatic carbocycles. The lowest BCUT2D eigenvalue weighted by Gasteiger charge is -2.18. The molecular weight excluding hydrogens is 348 g/mol. The first-order valence-electron chi connectivity index (χ1n) is 12.1. The Balaban J connectivity index is 3.23. The molecule has 0 heterocycles. The normalized spacial score (nSPS) is 13.9. The third kappa shape index (κ3) is 17.4. The molecule has 28 heavy (non-hydrogen) atoms. The van der Waals surface area contributed by atoms with Gasteiger partial charge in [0.15, 0.2) is 5.78 Å². The van der Waals surface area contributed by atoms with Crippen LogP contribution in [0.5, 0.6) is 0 Å². The van der Waals surface area contributed by atoms with Crippen molar-refractivity contribution in [1.82, 2.24) is 0 Å². The molecule has 1 atom stereocenters. The highest BCUT2D eigenvalue weighted by Gasteiger charge is 2.27. The molecule has 2 N–H and O–H groups in total. The third-order valence-corrected chi connectivity index (χ3v) is 5.57. The Morgan fingerprint density at radius 3 is 1.54 bits per heavy atom. The number of hydrogen-bond acceptors (Lipinski definition) is 3. The molecule has 0 aliphatic heterocycles. The monoisotopic (exact) mass is 396 g/mol. The van der Waals surface area contributed by atoms with Gasteiger partial charge in [-0.3, -0.25) is 4.79 Å². The zero-order chi connectivity index (χ0) is 20.9. The molecule has 0 aromatic heterocycles. The molecule has 1 unspecified atom stereocenters. The van der Waals surface area contributed by atoms with E-state index in [2.05, 4.69) is 19.1 Å². The molecule has 166 valence electrons. The summed E-state index contributed by atoms with van der Waals surface area (Å²) in [5.74, 6) is -0.240. The molecule has 3 heteroatoms. The zero-order valence-electron chi connectivity index (χ0n) is 18.9. The number of Topliss-reactive ketones (excluding diaryl/α,β-unsaturated/α-hetero) is 1. The highest BCUT2D eigenvalue weighted by atomic mass is 16.3. The van der Waals surface area contributed by atoms with Gasteiger partial charge in [-0.25, -0.2) is 0 Å². The predicted octanol–water partition coefficient (Wildman–Crippen LogP) is 6.90. The maximum atomic E-state index is 11.7. The van der Waals surface area contributed by atoms with Crippen molar-refractivity contribution in [3.05, 3.63) is 12.2 Å². The van der Waals surface area contributed by atoms with Crippen molar-refractivity contribution in [2.24, 2.45) is 0 Å². The fourth-order valence-electron chi connectivity index (χ4n) is 3.42. The Morgan fingerprint density at radius 2 is 1.11 bits per heavy atom. The molecule has 0 bridgehead atoms. The van der Waals surface area contributed by atoms with E-state index in [0.717, 1.165) is 19.3 Å². The second-order valence-electron chi connectivity index (χ2n) is 8.60. The van der Waals surface area contributed by atoms with Crippen LogP contribution < -0.4 is 0 Å². The minimum absolute atomic E-state index is 0.240. The summed E-state index contributed by atoms with van der Waals surface area (Å²) in [5.41, 5.74) is -1.55. The first kappa shape index (κ1) is 27.3. The minimum Gasteiger partial charge on any atom is -0.393 e. The van der Waals surface area contributed by atoms with E-state index in [1.807, 2.05) is 0 Å². The lowest BCUT2D eigenvalue weighted by atomic mass is 9.96. The van der Waals surface area contributed by atoms with E-state index in [1.165, 1.54) is 96.8 Å². The van der Waals surface area contributed by atoms with Crippen molar-refractivity contribution in [3.63, 3.8) is 0 Å². The van der Waals surface area contributed by atoms with Gasteiger partial charge >= 0.3 is 0 Å². The van der Waals surface area contributed by atoms with Crippen molar-refractivity contribution in [2.45, 2.75) is 135 Å². The smallest absolute Gasteiger partial charge is 0.166 e. The molecule has 0 fully saturated rings. The minimum atomic E-state index is -1.55. The lowest BCUT2D eigenvalue weighted by Crippen LogP contribution is -2.38. The van der Waals surface area contributed by atoms with Gasteiger partial charge in [0.2, 0.25) is 0 Å². The standard InChI is InChI=1S/C25H48O3/c1-3-4-5-6-7-8-9-10-11-12-13-14-15-16-17-18-19-20-21-22-24(27)25(2,28)23-26/h10-11,26,28H,3-9,12-23H2,1-2H3. The number of ketones is 1. The number of aliphatic hydroxyl groups is 2. The Labute approximate surface area is 175 Å². The molecule has 0 radical (unpaired) electrons. The van der Waals surface area contributed by atoms with Gasteiger partial charge in [-0.15, -0.1) is 0 Å². The van der Waals surface area contributed by atoms with E-state index >= 15 is 0 Å². The van der Waals surface area contributed by atoms with Crippen LogP contribution in [0.4, 0.5) is 0 Å². The van der Waals surface area contributed by atoms with Gasteiger partial charge in [0.25, 0.3) is 0 Å². The maximum absolute atomic E-state index is 11.7. The van der Waals surface area contributed by atoms with Gasteiger partial charge in [0.1, 0.15) is 5.60 Å². The van der Waals surface area contributed by atoms with Gasteiger partial charge in [-0.05, 0) is 39.0 Å². The van der Waals surface area contributed by atoms with Crippen LogP contribution in [0.15, 0.2) is 12.2 Å². The summed E-state index contributed by atoms with van der Waals surface area (Å²) in [4.78, 5) is 11.7. The Kier molecular flexibility index (Phi) is 19.2. The number of rotatable bonds is 21. The van der Waals surface area contributed by atoms with Crippen molar-refractivity contribution in [1.29, 1.82) is 0 Å². The van der Waals surface area contributed by atoms with Crippen LogP contribution in [0, 0.1) is 0 Å². The van der Waals surface area contributed by atoms with Crippen LogP contribution in [-0.4, -0.2) is 28.2 Å². The van der Waals surface area contributed by atoms with Gasteiger partial charge < -0.3 is 10.2 Å². The molecule has 0 aliphatic carbocycles. The van der Waals surface area contributed by atoms with Crippen molar-refractivity contribution < 1.29 is 15.0 Å². The Bertz CT molecular complexity index is 374. The number of unbranched alkanes of at least 4 members (excludes halogenated alkanes) is 15. The molecule has 0 spiro atoms. The van der Waals surface area contributed by atoms with E-state index in [9.17, 15) is 9.90 Å². The molecule has 0 rings (SSSR count). The highest BCUT2D eigenvalue weighted by molar-refractivity contribution is 5.86. The largest absolute Gasteiger partial charge is 0.393 e. The first-order chi connectivity index (χ1) is 13.5. The van der Waals surface area contributed by atoms with Crippen molar-refractivity contribution >= 4 is 5.78 Å². The quantitative estimate of drug-likeness (QED) is 0.164. The van der Waals surface area contributed by atoms with Crippen LogP contribution in [-0.2, 0) is 4.79 Å². The second-order valence-corrected chi connectivity index (χ2v) is 8.60. The topological polar surface area (TPSA) is 57.5 Å². The summed E-state index contributed by atoms with van der Waals surface area (Å²) in [6, 6.07) is 0. The number of aliphatic hydroxyl groups excluding tert-OH is 1. The molecular formula is C25H48O3. The van der Waals surface area contributed by atoms with Crippen LogP contribution in [0.25, 0.3) is 0 Å². The zero-order valence-corrected chi connectivity index (χ0v) is 18.9. The van der Waals surface area contributed by atoms with Gasteiger partial charge in [0.05, 0.1) is 6.61 Å². The Hall–Kier alpha value is -0.670. The number of allylic oxidation sites excluding steroid dienone is 2. The summed E-state index contributed by atoms with van der Waals surface area (Å²) >= 11 is 0. The number of carbonyl (C=O) groups excluding carboxylic acids is 1. The van der Waals surface area contributed by atoms with Gasteiger partial charge in [-0.1, -0.05) is 96.1 Å². The van der Waals surface area contributed by atoms with Crippen molar-refractivity contribution in [2.75, 3.05) is 6.61 Å². The van der Waals surface area contributed by atoms with Crippen LogP contribution in [0.1, 0.15) is 129 Å². The maximum Gasteiger partial charge on any atom is 0.166 e. The molecule has 0 aliphatic rings. The average molecular weight is 397 g/mol. The molecule has 3 nitrogen and oxygen atoms in total. The fraction of sp³-hybridized carbons (Fsp3) is 0.880. The van der Waals surface area contributed by atoms with E-state index < -0.39 is 12.2 Å². The van der Waals surface area contributed by atoms with Crippen LogP contribution in [0.2, 0.25) is 0 Å². The predicted molar refractivity (Wildman–Crippen MR) is 121 cm³/mol. The van der Waals surface area contributed by atoms with Crippen LogP contribution in [0.3, 0.4) is 0 Å². The Morgan fingerprint density at radius 1 is 0.714 bits per heavy atom. The van der Waals surface area contributed by atoms with E-state index in [0.29, 0.717) is 6.42 Å². The molecule has 0 saturated heterocycles. The average Bonchev–Trinajstić information content (AvgIpc) is 2.69. The third-order valence-electron chi connectivity index (χ3n) is 5.57. The highest BCUT2D eigenvalue weighted by Crippen LogP contribution is 2.14. The summed E-state index contributed by atoms with van der Waals surface area (Å²) in [7, 11) is 0. The van der Waals surface area contributed by atoms with E-state index in [-0.39, 0.29) is 5.78 Å². The summed E-state index contributed by atoms with van der Waals surface area (Å²) in [5, 5.41) is 18.6. The lowest BCUT2D eigenvalue weighted by molar-refractivity contribution is -0.139. The summed E-state index contributed by atoms with van der Waals surface area (Å²) in [6.07, 6.45) is 26.8. The summed E-state index contributed by atoms with van der Waals surface area (Å²) in [6.45, 7) is 3.17.